The zero-order chi connectivity index (χ0) is 20.3. The van der Waals surface area contributed by atoms with Crippen LogP contribution in [-0.4, -0.2) is 29.7 Å². The van der Waals surface area contributed by atoms with E-state index < -0.39 is 5.97 Å². The summed E-state index contributed by atoms with van der Waals surface area (Å²) < 4.78 is 5.56. The molecule has 0 aromatic rings. The molecule has 158 valence electrons. The molecule has 0 aromatic carbocycles. The third-order valence-corrected chi connectivity index (χ3v) is 10.1. The number of hydrogen-bond acceptors (Lipinski definition) is 4. The van der Waals surface area contributed by atoms with Gasteiger partial charge in [-0.25, -0.2) is 0 Å². The van der Waals surface area contributed by atoms with E-state index in [1.54, 1.807) is 0 Å². The molecule has 3 N–H and O–H groups in total. The number of nitrogens with two attached hydrogens (primary N) is 1. The molecule has 8 atom stereocenters. The summed E-state index contributed by atoms with van der Waals surface area (Å²) in [6.45, 7) is 6.82. The molecule has 28 heavy (non-hydrogen) atoms. The normalized spacial score (nSPS) is 50.2. The van der Waals surface area contributed by atoms with Crippen LogP contribution < -0.4 is 5.73 Å². The number of carbonyl (C=O) groups excluding carboxylic acids is 1. The highest BCUT2D eigenvalue weighted by Gasteiger charge is 2.68. The first-order valence-corrected chi connectivity index (χ1v) is 11.3. The van der Waals surface area contributed by atoms with E-state index in [4.69, 9.17) is 10.5 Å². The summed E-state index contributed by atoms with van der Waals surface area (Å²) in [4.78, 5) is 23.4. The number of aliphatic carboxylic acids is 1. The van der Waals surface area contributed by atoms with Crippen molar-refractivity contribution in [1.82, 2.24) is 0 Å². The molecule has 4 aliphatic carbocycles. The molecule has 5 heteroatoms. The molecule has 0 bridgehead atoms. The Bertz CT molecular complexity index is 665. The minimum atomic E-state index is -0.627. The van der Waals surface area contributed by atoms with Crippen LogP contribution in [0, 0.1) is 39.9 Å². The predicted octanol–water partition coefficient (Wildman–Crippen LogP) is 3.99. The summed E-state index contributed by atoms with van der Waals surface area (Å²) in [5.41, 5.74) is 6.54. The minimum absolute atomic E-state index is 0.0281. The Morgan fingerprint density at radius 1 is 1.04 bits per heavy atom. The van der Waals surface area contributed by atoms with E-state index in [-0.39, 0.29) is 34.2 Å². The molecule has 4 rings (SSSR count). The lowest BCUT2D eigenvalue weighted by Gasteiger charge is -2.65. The summed E-state index contributed by atoms with van der Waals surface area (Å²) >= 11 is 0. The van der Waals surface area contributed by atoms with E-state index in [9.17, 15) is 14.7 Å². The van der Waals surface area contributed by atoms with Gasteiger partial charge in [0, 0.05) is 6.92 Å². The van der Waals surface area contributed by atoms with Crippen molar-refractivity contribution < 1.29 is 19.4 Å². The lowest BCUT2D eigenvalue weighted by molar-refractivity contribution is -0.180. The second kappa shape index (κ2) is 6.72. The number of rotatable bonds is 3. The Balaban J connectivity index is 1.62. The molecule has 0 radical (unpaired) electrons. The second-order valence-corrected chi connectivity index (χ2v) is 10.7. The molecule has 0 amide bonds. The van der Waals surface area contributed by atoms with E-state index in [1.807, 2.05) is 0 Å². The number of carbonyl (C=O) groups is 2. The van der Waals surface area contributed by atoms with Crippen molar-refractivity contribution in [2.45, 2.75) is 84.7 Å². The molecule has 0 heterocycles. The number of esters is 1. The van der Waals surface area contributed by atoms with Gasteiger partial charge in [-0.3, -0.25) is 9.59 Å². The molecular weight excluding hydrogens is 354 g/mol. The number of hydrogen-bond donors (Lipinski definition) is 2. The fraction of sp³-hybridized carbons (Fsp3) is 0.913. The van der Waals surface area contributed by atoms with Crippen molar-refractivity contribution in [2.75, 3.05) is 6.54 Å². The van der Waals surface area contributed by atoms with E-state index in [2.05, 4.69) is 13.8 Å². The quantitative estimate of drug-likeness (QED) is 0.710. The molecule has 0 spiro atoms. The van der Waals surface area contributed by atoms with Crippen LogP contribution in [0.1, 0.15) is 78.6 Å². The molecule has 4 fully saturated rings. The fourth-order valence-corrected chi connectivity index (χ4v) is 8.61. The Hall–Kier alpha value is -1.10. The first kappa shape index (κ1) is 20.2. The van der Waals surface area contributed by atoms with Crippen LogP contribution in [0.5, 0.6) is 0 Å². The Kier molecular flexibility index (Phi) is 4.84. The van der Waals surface area contributed by atoms with Crippen LogP contribution in [0.3, 0.4) is 0 Å². The van der Waals surface area contributed by atoms with Gasteiger partial charge in [0.1, 0.15) is 6.10 Å². The van der Waals surface area contributed by atoms with Crippen LogP contribution in [0.15, 0.2) is 0 Å². The number of fused-ring (bicyclic) bond motifs is 5. The summed E-state index contributed by atoms with van der Waals surface area (Å²) in [7, 11) is 0. The van der Waals surface area contributed by atoms with Gasteiger partial charge in [-0.05, 0) is 98.3 Å². The Labute approximate surface area is 168 Å². The molecular formula is C23H37NO4. The molecule has 4 saturated carbocycles. The van der Waals surface area contributed by atoms with Crippen molar-refractivity contribution in [3.05, 3.63) is 0 Å². The highest BCUT2D eigenvalue weighted by molar-refractivity contribution is 5.72. The van der Waals surface area contributed by atoms with Gasteiger partial charge in [-0.2, -0.15) is 0 Å². The van der Waals surface area contributed by atoms with Crippen molar-refractivity contribution in [2.24, 2.45) is 45.7 Å². The Morgan fingerprint density at radius 2 is 1.79 bits per heavy atom. The first-order chi connectivity index (χ1) is 13.2. The van der Waals surface area contributed by atoms with Gasteiger partial charge in [-0.15, -0.1) is 0 Å². The highest BCUT2D eigenvalue weighted by Crippen LogP contribution is 2.72. The Morgan fingerprint density at radius 3 is 2.43 bits per heavy atom. The van der Waals surface area contributed by atoms with Crippen molar-refractivity contribution in [1.29, 1.82) is 0 Å². The second-order valence-electron chi connectivity index (χ2n) is 10.7. The summed E-state index contributed by atoms with van der Waals surface area (Å²) in [5, 5.41) is 9.88. The zero-order valence-corrected chi connectivity index (χ0v) is 17.7. The highest BCUT2D eigenvalue weighted by atomic mass is 16.5. The monoisotopic (exact) mass is 391 g/mol. The minimum Gasteiger partial charge on any atom is -0.481 e. The standard InChI is InChI=1S/C23H37NO4/c1-14(25)28-16-6-9-21(2)15(12-16)4-5-18-17(21)7-10-22(3)19(20(26)27)8-11-23(18,22)13-24/h15-19H,4-13,24H2,1-3H3,(H,26,27)/t15?,16-,17-,18+,19+,21-,22+,23-/m0/s1. The smallest absolute Gasteiger partial charge is 0.307 e. The maximum absolute atomic E-state index is 12.0. The van der Waals surface area contributed by atoms with Gasteiger partial charge in [0.15, 0.2) is 0 Å². The predicted molar refractivity (Wildman–Crippen MR) is 106 cm³/mol. The van der Waals surface area contributed by atoms with Crippen LogP contribution in [-0.2, 0) is 14.3 Å². The van der Waals surface area contributed by atoms with Crippen LogP contribution >= 0.6 is 0 Å². The van der Waals surface area contributed by atoms with Crippen LogP contribution in [0.25, 0.3) is 0 Å². The van der Waals surface area contributed by atoms with Gasteiger partial charge in [0.25, 0.3) is 0 Å². The lowest BCUT2D eigenvalue weighted by Crippen LogP contribution is -2.61. The maximum Gasteiger partial charge on any atom is 0.307 e. The van der Waals surface area contributed by atoms with Crippen LogP contribution in [0.4, 0.5) is 0 Å². The van der Waals surface area contributed by atoms with Crippen LogP contribution in [0.2, 0.25) is 0 Å². The van der Waals surface area contributed by atoms with Gasteiger partial charge in [-0.1, -0.05) is 13.8 Å². The molecule has 1 unspecified atom stereocenters. The molecule has 4 aliphatic rings. The SMILES string of the molecule is CC(=O)O[C@H]1CC[C@@]2(C)C(CC[C@@H]3[C@@H]2CC[C@]2(C)[C@@H](C(=O)O)CC[C@]32CN)C1. The molecule has 0 aromatic heterocycles. The van der Waals surface area contributed by atoms with Gasteiger partial charge >= 0.3 is 11.9 Å². The van der Waals surface area contributed by atoms with Crippen molar-refractivity contribution in [3.8, 4) is 0 Å². The fourth-order valence-electron chi connectivity index (χ4n) is 8.61. The van der Waals surface area contributed by atoms with Crippen molar-refractivity contribution in [3.63, 3.8) is 0 Å². The average molecular weight is 392 g/mol. The van der Waals surface area contributed by atoms with E-state index in [0.29, 0.717) is 24.3 Å². The lowest BCUT2D eigenvalue weighted by atomic mass is 9.40. The van der Waals surface area contributed by atoms with Gasteiger partial charge < -0.3 is 15.6 Å². The first-order valence-electron chi connectivity index (χ1n) is 11.3. The summed E-state index contributed by atoms with van der Waals surface area (Å²) in [6.07, 6.45) is 9.29. The molecule has 0 aliphatic heterocycles. The third-order valence-electron chi connectivity index (χ3n) is 10.1. The maximum atomic E-state index is 12.0. The topological polar surface area (TPSA) is 89.6 Å². The average Bonchev–Trinajstić information content (AvgIpc) is 2.95. The zero-order valence-electron chi connectivity index (χ0n) is 17.7. The van der Waals surface area contributed by atoms with E-state index in [1.165, 1.54) is 6.92 Å². The number of carboxylic acids is 1. The van der Waals surface area contributed by atoms with Gasteiger partial charge in [0.05, 0.1) is 5.92 Å². The van der Waals surface area contributed by atoms with Gasteiger partial charge in [0.2, 0.25) is 0 Å². The largest absolute Gasteiger partial charge is 0.481 e. The molecule has 0 saturated heterocycles. The summed E-state index contributed by atoms with van der Waals surface area (Å²) in [6, 6.07) is 0. The van der Waals surface area contributed by atoms with Crippen molar-refractivity contribution >= 4 is 11.9 Å². The number of ether oxygens (including phenoxy) is 1. The third kappa shape index (κ3) is 2.60. The molecule has 5 nitrogen and oxygen atoms in total. The number of carboxylic acid groups (broad SMARTS) is 1. The van der Waals surface area contributed by atoms with E-state index in [0.717, 1.165) is 57.8 Å². The van der Waals surface area contributed by atoms with E-state index >= 15 is 0 Å². The summed E-state index contributed by atoms with van der Waals surface area (Å²) in [5.74, 6) is 0.715.